The number of rotatable bonds is 2. The Kier molecular flexibility index (Phi) is 3.99. The molecular weight excluding hydrogens is 321 g/mol. The second-order valence-corrected chi connectivity index (χ2v) is 4.85. The summed E-state index contributed by atoms with van der Waals surface area (Å²) >= 11 is 9.03. The van der Waals surface area contributed by atoms with E-state index in [-0.39, 0.29) is 5.69 Å². The number of hydrogen-bond acceptors (Lipinski definition) is 1. The van der Waals surface area contributed by atoms with E-state index in [0.717, 1.165) is 0 Å². The number of carbonyl (C=O) groups excluding carboxylic acids is 1. The van der Waals surface area contributed by atoms with Gasteiger partial charge in [0.1, 0.15) is 5.82 Å². The van der Waals surface area contributed by atoms with Crippen LogP contribution in [-0.4, -0.2) is 5.91 Å². The van der Waals surface area contributed by atoms with Crippen molar-refractivity contribution in [2.75, 3.05) is 5.32 Å². The summed E-state index contributed by atoms with van der Waals surface area (Å²) in [6.07, 6.45) is 0. The summed E-state index contributed by atoms with van der Waals surface area (Å²) in [6.45, 7) is 0. The van der Waals surface area contributed by atoms with Crippen LogP contribution in [0.25, 0.3) is 0 Å². The molecule has 92 valence electrons. The van der Waals surface area contributed by atoms with E-state index in [1.54, 1.807) is 30.3 Å². The minimum absolute atomic E-state index is 0.143. The van der Waals surface area contributed by atoms with Crippen LogP contribution in [0.15, 0.2) is 46.9 Å². The molecule has 0 saturated carbocycles. The van der Waals surface area contributed by atoms with Gasteiger partial charge in [0.25, 0.3) is 5.91 Å². The maximum Gasteiger partial charge on any atom is 0.256 e. The Balaban J connectivity index is 2.25. The molecule has 0 saturated heterocycles. The molecule has 0 aliphatic carbocycles. The summed E-state index contributed by atoms with van der Waals surface area (Å²) in [5, 5.41) is 3.02. The molecule has 2 rings (SSSR count). The van der Waals surface area contributed by atoms with E-state index < -0.39 is 11.7 Å². The molecule has 5 heteroatoms. The lowest BCUT2D eigenvalue weighted by Crippen LogP contribution is -2.13. The van der Waals surface area contributed by atoms with E-state index in [4.69, 9.17) is 11.6 Å². The van der Waals surface area contributed by atoms with Crippen LogP contribution in [0.1, 0.15) is 10.4 Å². The summed E-state index contributed by atoms with van der Waals surface area (Å²) in [5.41, 5.74) is 0.534. The van der Waals surface area contributed by atoms with Crippen LogP contribution in [0.5, 0.6) is 0 Å². The van der Waals surface area contributed by atoms with E-state index in [0.29, 0.717) is 15.1 Å². The number of nitrogens with one attached hydrogen (secondary N) is 1. The van der Waals surface area contributed by atoms with Crippen molar-refractivity contribution in [2.24, 2.45) is 0 Å². The van der Waals surface area contributed by atoms with Gasteiger partial charge in [0.15, 0.2) is 0 Å². The van der Waals surface area contributed by atoms with E-state index in [1.807, 2.05) is 0 Å². The van der Waals surface area contributed by atoms with Gasteiger partial charge in [-0.2, -0.15) is 0 Å². The molecule has 0 heterocycles. The molecule has 0 spiro atoms. The molecule has 0 aliphatic heterocycles. The third-order valence-electron chi connectivity index (χ3n) is 2.30. The Hall–Kier alpha value is -1.39. The Labute approximate surface area is 117 Å². The highest BCUT2D eigenvalue weighted by Crippen LogP contribution is 2.23. The summed E-state index contributed by atoms with van der Waals surface area (Å²) in [4.78, 5) is 11.9. The number of para-hydroxylation sites is 1. The molecule has 0 fully saturated rings. The third-order valence-corrected chi connectivity index (χ3v) is 3.19. The molecule has 0 bridgehead atoms. The van der Waals surface area contributed by atoms with Crippen molar-refractivity contribution in [1.29, 1.82) is 0 Å². The first-order valence-electron chi connectivity index (χ1n) is 5.09. The highest BCUT2D eigenvalue weighted by Gasteiger charge is 2.12. The zero-order valence-corrected chi connectivity index (χ0v) is 11.4. The molecule has 0 unspecified atom stereocenters. The van der Waals surface area contributed by atoms with Crippen LogP contribution in [0.3, 0.4) is 0 Å². The maximum absolute atomic E-state index is 13.4. The number of carbonyl (C=O) groups is 1. The van der Waals surface area contributed by atoms with Gasteiger partial charge < -0.3 is 5.32 Å². The highest BCUT2D eigenvalue weighted by molar-refractivity contribution is 9.10. The van der Waals surface area contributed by atoms with E-state index in [2.05, 4.69) is 21.2 Å². The van der Waals surface area contributed by atoms with Gasteiger partial charge in [-0.3, -0.25) is 4.79 Å². The van der Waals surface area contributed by atoms with Crippen molar-refractivity contribution in [2.45, 2.75) is 0 Å². The van der Waals surface area contributed by atoms with Crippen molar-refractivity contribution >= 4 is 39.1 Å². The Bertz CT molecular complexity index is 603. The molecule has 0 aliphatic rings. The largest absolute Gasteiger partial charge is 0.319 e. The minimum Gasteiger partial charge on any atom is -0.319 e. The Morgan fingerprint density at radius 3 is 2.61 bits per heavy atom. The molecule has 1 amide bonds. The van der Waals surface area contributed by atoms with Crippen LogP contribution in [-0.2, 0) is 0 Å². The highest BCUT2D eigenvalue weighted by atomic mass is 79.9. The summed E-state index contributed by atoms with van der Waals surface area (Å²) in [7, 11) is 0. The van der Waals surface area contributed by atoms with E-state index >= 15 is 0 Å². The monoisotopic (exact) mass is 327 g/mol. The molecule has 2 nitrogen and oxygen atoms in total. The average molecular weight is 329 g/mol. The number of amides is 1. The van der Waals surface area contributed by atoms with Crippen LogP contribution < -0.4 is 5.32 Å². The predicted octanol–water partition coefficient (Wildman–Crippen LogP) is 4.49. The van der Waals surface area contributed by atoms with Gasteiger partial charge in [-0.05, 0) is 46.3 Å². The quantitative estimate of drug-likeness (QED) is 0.864. The molecule has 1 N–H and O–H groups in total. The van der Waals surface area contributed by atoms with Gasteiger partial charge in [0, 0.05) is 9.50 Å². The summed E-state index contributed by atoms with van der Waals surface area (Å²) < 4.78 is 13.9. The predicted molar refractivity (Wildman–Crippen MR) is 73.5 cm³/mol. The molecular formula is C13H8BrClFNO. The lowest BCUT2D eigenvalue weighted by atomic mass is 10.2. The van der Waals surface area contributed by atoms with Crippen LogP contribution in [0.4, 0.5) is 10.1 Å². The van der Waals surface area contributed by atoms with Crippen molar-refractivity contribution in [1.82, 2.24) is 0 Å². The molecule has 2 aromatic carbocycles. The third kappa shape index (κ3) is 2.89. The fourth-order valence-corrected chi connectivity index (χ4v) is 2.29. The first-order valence-corrected chi connectivity index (χ1v) is 6.26. The average Bonchev–Trinajstić information content (AvgIpc) is 2.32. The van der Waals surface area contributed by atoms with Crippen LogP contribution in [0.2, 0.25) is 5.02 Å². The van der Waals surface area contributed by atoms with E-state index in [1.165, 1.54) is 12.1 Å². The second kappa shape index (κ2) is 5.50. The SMILES string of the molecule is O=C(Nc1ccccc1F)c1ccc(Cl)cc1Br. The normalized spacial score (nSPS) is 10.2. The topological polar surface area (TPSA) is 29.1 Å². The van der Waals surface area contributed by atoms with Crippen molar-refractivity contribution in [3.05, 3.63) is 63.3 Å². The summed E-state index contributed by atoms with van der Waals surface area (Å²) in [6, 6.07) is 10.8. The fourth-order valence-electron chi connectivity index (χ4n) is 1.43. The standard InChI is InChI=1S/C13H8BrClFNO/c14-10-7-8(15)5-6-9(10)13(18)17-12-4-2-1-3-11(12)16/h1-7H,(H,17,18). The molecule has 2 aromatic rings. The number of benzene rings is 2. The zero-order chi connectivity index (χ0) is 13.1. The first-order chi connectivity index (χ1) is 8.58. The lowest BCUT2D eigenvalue weighted by Gasteiger charge is -2.07. The minimum atomic E-state index is -0.476. The second-order valence-electron chi connectivity index (χ2n) is 3.56. The number of hydrogen-bond donors (Lipinski definition) is 1. The van der Waals surface area contributed by atoms with Crippen LogP contribution in [0, 0.1) is 5.82 Å². The van der Waals surface area contributed by atoms with Gasteiger partial charge in [0.05, 0.1) is 11.3 Å². The fraction of sp³-hybridized carbons (Fsp3) is 0. The smallest absolute Gasteiger partial charge is 0.256 e. The van der Waals surface area contributed by atoms with Gasteiger partial charge in [-0.15, -0.1) is 0 Å². The van der Waals surface area contributed by atoms with Gasteiger partial charge in [-0.25, -0.2) is 4.39 Å². The van der Waals surface area contributed by atoms with E-state index in [9.17, 15) is 9.18 Å². The number of halogens is 3. The first kappa shape index (κ1) is 13.1. The van der Waals surface area contributed by atoms with Crippen molar-refractivity contribution in [3.63, 3.8) is 0 Å². The molecule has 0 radical (unpaired) electrons. The van der Waals surface area contributed by atoms with Crippen LogP contribution >= 0.6 is 27.5 Å². The summed E-state index contributed by atoms with van der Waals surface area (Å²) in [5.74, 6) is -0.875. The maximum atomic E-state index is 13.4. The molecule has 0 atom stereocenters. The molecule has 0 aromatic heterocycles. The van der Waals surface area contributed by atoms with Gasteiger partial charge in [0.2, 0.25) is 0 Å². The Morgan fingerprint density at radius 2 is 1.94 bits per heavy atom. The Morgan fingerprint density at radius 1 is 1.22 bits per heavy atom. The zero-order valence-electron chi connectivity index (χ0n) is 9.08. The lowest BCUT2D eigenvalue weighted by molar-refractivity contribution is 0.102. The van der Waals surface area contributed by atoms with Gasteiger partial charge in [-0.1, -0.05) is 23.7 Å². The number of anilines is 1. The molecule has 18 heavy (non-hydrogen) atoms. The van der Waals surface area contributed by atoms with Crippen molar-refractivity contribution in [3.8, 4) is 0 Å². The van der Waals surface area contributed by atoms with Gasteiger partial charge >= 0.3 is 0 Å². The van der Waals surface area contributed by atoms with Crippen molar-refractivity contribution < 1.29 is 9.18 Å².